The lowest BCUT2D eigenvalue weighted by atomic mass is 9.96. The normalized spacial score (nSPS) is 17.6. The van der Waals surface area contributed by atoms with Gasteiger partial charge in [0.1, 0.15) is 0 Å². The third-order valence-corrected chi connectivity index (χ3v) is 4.96. The molecule has 2 unspecified atom stereocenters. The van der Waals surface area contributed by atoms with E-state index in [1.807, 2.05) is 36.1 Å². The molecule has 150 valence electrons. The highest BCUT2D eigenvalue weighted by Crippen LogP contribution is 2.24. The van der Waals surface area contributed by atoms with Gasteiger partial charge in [-0.25, -0.2) is 4.98 Å². The molecule has 1 aliphatic rings. The highest BCUT2D eigenvalue weighted by atomic mass is 35.5. The van der Waals surface area contributed by atoms with Crippen molar-refractivity contribution in [3.05, 3.63) is 41.4 Å². The van der Waals surface area contributed by atoms with Crippen LogP contribution in [0.2, 0.25) is 5.02 Å². The van der Waals surface area contributed by atoms with E-state index in [0.29, 0.717) is 29.5 Å². The molecule has 1 aromatic heterocycles. The van der Waals surface area contributed by atoms with Gasteiger partial charge in [-0.2, -0.15) is 0 Å². The first-order valence-corrected chi connectivity index (χ1v) is 9.18. The second kappa shape index (κ2) is 10.9. The van der Waals surface area contributed by atoms with Gasteiger partial charge >= 0.3 is 0 Å². The highest BCUT2D eigenvalue weighted by Gasteiger charge is 2.29. The van der Waals surface area contributed by atoms with Crippen LogP contribution in [-0.4, -0.2) is 34.4 Å². The summed E-state index contributed by atoms with van der Waals surface area (Å²) >= 11 is 5.90. The Morgan fingerprint density at radius 1 is 1.33 bits per heavy atom. The zero-order valence-electron chi connectivity index (χ0n) is 15.3. The molecule has 0 aliphatic carbocycles. The maximum absolute atomic E-state index is 12.6. The maximum atomic E-state index is 12.6. The molecule has 0 saturated carbocycles. The van der Waals surface area contributed by atoms with Gasteiger partial charge in [0, 0.05) is 42.1 Å². The molecule has 0 bridgehead atoms. The Kier molecular flexibility index (Phi) is 9.60. The van der Waals surface area contributed by atoms with Crippen LogP contribution in [0.4, 0.5) is 0 Å². The number of nitrogens with two attached hydrogens (primary N) is 1. The van der Waals surface area contributed by atoms with Crippen LogP contribution in [0.25, 0.3) is 11.3 Å². The maximum Gasteiger partial charge on any atom is 0.223 e. The van der Waals surface area contributed by atoms with E-state index < -0.39 is 0 Å². The molecule has 27 heavy (non-hydrogen) atoms. The van der Waals surface area contributed by atoms with Crippen molar-refractivity contribution in [2.75, 3.05) is 6.54 Å². The zero-order chi connectivity index (χ0) is 17.8. The smallest absolute Gasteiger partial charge is 0.223 e. The molecule has 2 aromatic rings. The van der Waals surface area contributed by atoms with Gasteiger partial charge in [-0.1, -0.05) is 11.6 Å². The summed E-state index contributed by atoms with van der Waals surface area (Å²) in [6.45, 7) is 2.77. The number of likely N-dealkylation sites (tertiary alicyclic amines) is 1. The topological polar surface area (TPSA) is 72.4 Å². The summed E-state index contributed by atoms with van der Waals surface area (Å²) in [5.74, 6) is 1.39. The van der Waals surface area contributed by atoms with Gasteiger partial charge in [-0.15, -0.1) is 24.8 Å². The Labute approximate surface area is 177 Å². The Bertz CT molecular complexity index is 719. The number of aromatic nitrogens is 1. The lowest BCUT2D eigenvalue weighted by molar-refractivity contribution is -0.135. The number of amides is 1. The van der Waals surface area contributed by atoms with E-state index in [9.17, 15) is 4.79 Å². The Morgan fingerprint density at radius 3 is 2.70 bits per heavy atom. The van der Waals surface area contributed by atoms with E-state index in [4.69, 9.17) is 21.8 Å². The Morgan fingerprint density at radius 2 is 2.04 bits per heavy atom. The van der Waals surface area contributed by atoms with Gasteiger partial charge in [-0.05, 0) is 50.5 Å². The van der Waals surface area contributed by atoms with Crippen LogP contribution >= 0.6 is 36.4 Å². The first-order chi connectivity index (χ1) is 12.0. The molecule has 1 amide bonds. The lowest BCUT2D eigenvalue weighted by Crippen LogP contribution is -2.51. The Balaban J connectivity index is 0.00000182. The molecule has 1 fully saturated rings. The van der Waals surface area contributed by atoms with Crippen molar-refractivity contribution < 1.29 is 9.21 Å². The Hall–Kier alpha value is -1.27. The number of carbonyl (C=O) groups excluding carboxylic acids is 1. The average molecular weight is 435 g/mol. The SMILES string of the molecule is CC(N)C1CCCCN1C(=O)CCc1ncc(-c2ccc(Cl)cc2)o1.Cl.Cl. The zero-order valence-corrected chi connectivity index (χ0v) is 17.7. The summed E-state index contributed by atoms with van der Waals surface area (Å²) in [6.07, 6.45) is 5.76. The van der Waals surface area contributed by atoms with Gasteiger partial charge in [0.05, 0.1) is 6.20 Å². The molecule has 8 heteroatoms. The fourth-order valence-corrected chi connectivity index (χ4v) is 3.47. The molecule has 1 saturated heterocycles. The summed E-state index contributed by atoms with van der Waals surface area (Å²) in [7, 11) is 0. The molecule has 0 spiro atoms. The van der Waals surface area contributed by atoms with Crippen molar-refractivity contribution >= 4 is 42.3 Å². The number of carbonyl (C=O) groups is 1. The van der Waals surface area contributed by atoms with E-state index in [1.165, 1.54) is 0 Å². The van der Waals surface area contributed by atoms with Crippen LogP contribution in [-0.2, 0) is 11.2 Å². The second-order valence-electron chi connectivity index (χ2n) is 6.63. The van der Waals surface area contributed by atoms with Gasteiger partial charge in [0.2, 0.25) is 5.91 Å². The molecule has 2 atom stereocenters. The van der Waals surface area contributed by atoms with Crippen LogP contribution in [0, 0.1) is 0 Å². The quantitative estimate of drug-likeness (QED) is 0.752. The van der Waals surface area contributed by atoms with E-state index in [0.717, 1.165) is 31.4 Å². The molecule has 5 nitrogen and oxygen atoms in total. The van der Waals surface area contributed by atoms with Crippen molar-refractivity contribution in [3.8, 4) is 11.3 Å². The van der Waals surface area contributed by atoms with E-state index >= 15 is 0 Å². The first kappa shape index (κ1) is 23.8. The van der Waals surface area contributed by atoms with E-state index in [2.05, 4.69) is 4.98 Å². The third-order valence-electron chi connectivity index (χ3n) is 4.71. The third kappa shape index (κ3) is 6.11. The minimum atomic E-state index is 0. The van der Waals surface area contributed by atoms with Crippen LogP contribution < -0.4 is 5.73 Å². The molecule has 2 N–H and O–H groups in total. The van der Waals surface area contributed by atoms with Crippen LogP contribution in [0.5, 0.6) is 0 Å². The fraction of sp³-hybridized carbons (Fsp3) is 0.474. The van der Waals surface area contributed by atoms with E-state index in [1.54, 1.807) is 6.20 Å². The molecular weight excluding hydrogens is 409 g/mol. The average Bonchev–Trinajstić information content (AvgIpc) is 3.09. The number of hydrogen-bond acceptors (Lipinski definition) is 4. The summed E-state index contributed by atoms with van der Waals surface area (Å²) in [6, 6.07) is 7.55. The molecule has 1 aliphatic heterocycles. The van der Waals surface area contributed by atoms with Crippen LogP contribution in [0.1, 0.15) is 38.5 Å². The standard InChI is InChI=1S/C19H24ClN3O2.2ClH/c1-13(21)16-4-2-3-11-23(16)19(24)10-9-18-22-12-17(25-18)14-5-7-15(20)8-6-14;;/h5-8,12-13,16H,2-4,9-11,21H2,1H3;2*1H. The first-order valence-electron chi connectivity index (χ1n) is 8.80. The minimum Gasteiger partial charge on any atom is -0.441 e. The van der Waals surface area contributed by atoms with Crippen molar-refractivity contribution in [1.29, 1.82) is 0 Å². The van der Waals surface area contributed by atoms with Gasteiger partial charge < -0.3 is 15.1 Å². The van der Waals surface area contributed by atoms with E-state index in [-0.39, 0.29) is 42.8 Å². The van der Waals surface area contributed by atoms with Crippen LogP contribution in [0.3, 0.4) is 0 Å². The van der Waals surface area contributed by atoms with Crippen LogP contribution in [0.15, 0.2) is 34.9 Å². The fourth-order valence-electron chi connectivity index (χ4n) is 3.34. The van der Waals surface area contributed by atoms with Gasteiger partial charge in [0.15, 0.2) is 11.7 Å². The lowest BCUT2D eigenvalue weighted by Gasteiger charge is -2.38. The number of halogens is 3. The molecule has 0 radical (unpaired) electrons. The van der Waals surface area contributed by atoms with Crippen molar-refractivity contribution in [2.45, 2.75) is 51.1 Å². The number of piperidine rings is 1. The largest absolute Gasteiger partial charge is 0.441 e. The minimum absolute atomic E-state index is 0. The summed E-state index contributed by atoms with van der Waals surface area (Å²) < 4.78 is 5.77. The highest BCUT2D eigenvalue weighted by molar-refractivity contribution is 6.30. The monoisotopic (exact) mass is 433 g/mol. The molecule has 2 heterocycles. The summed E-state index contributed by atoms with van der Waals surface area (Å²) in [5.41, 5.74) is 6.97. The molecule has 1 aromatic carbocycles. The number of oxazole rings is 1. The number of nitrogens with zero attached hydrogens (tertiary/aromatic N) is 2. The van der Waals surface area contributed by atoms with Crippen molar-refractivity contribution in [2.24, 2.45) is 5.73 Å². The van der Waals surface area contributed by atoms with Crippen molar-refractivity contribution in [1.82, 2.24) is 9.88 Å². The summed E-state index contributed by atoms with van der Waals surface area (Å²) in [4.78, 5) is 18.8. The summed E-state index contributed by atoms with van der Waals surface area (Å²) in [5, 5.41) is 0.680. The predicted molar refractivity (Wildman–Crippen MR) is 113 cm³/mol. The number of aryl methyl sites for hydroxylation is 1. The molecule has 3 rings (SSSR count). The second-order valence-corrected chi connectivity index (χ2v) is 7.07. The molecular formula is C19H26Cl3N3O2. The predicted octanol–water partition coefficient (Wildman–Crippen LogP) is 4.50. The number of benzene rings is 1. The number of rotatable bonds is 5. The van der Waals surface area contributed by atoms with Crippen molar-refractivity contribution in [3.63, 3.8) is 0 Å². The van der Waals surface area contributed by atoms with Gasteiger partial charge in [0.25, 0.3) is 0 Å². The number of hydrogen-bond donors (Lipinski definition) is 1. The van der Waals surface area contributed by atoms with Gasteiger partial charge in [-0.3, -0.25) is 4.79 Å².